The smallest absolute Gasteiger partial charge is 0.284 e. The largest absolute Gasteiger partial charge is 0.452 e. The Labute approximate surface area is 193 Å². The van der Waals surface area contributed by atoms with Gasteiger partial charge >= 0.3 is 0 Å². The number of hydrogen-bond donors (Lipinski definition) is 2. The number of carbonyl (C=O) groups is 1. The summed E-state index contributed by atoms with van der Waals surface area (Å²) in [7, 11) is 1.69. The second-order valence-corrected chi connectivity index (χ2v) is 7.65. The van der Waals surface area contributed by atoms with Crippen LogP contribution < -0.4 is 26.1 Å². The van der Waals surface area contributed by atoms with Crippen LogP contribution in [-0.4, -0.2) is 15.3 Å². The highest BCUT2D eigenvalue weighted by atomic mass is 35.5. The third-order valence-corrected chi connectivity index (χ3v) is 5.37. The lowest BCUT2D eigenvalue weighted by molar-refractivity contribution is -0.638. The normalized spacial score (nSPS) is 10.8. The molecule has 2 aromatic carbocycles. The molecule has 168 valence electrons. The summed E-state index contributed by atoms with van der Waals surface area (Å²) in [5.41, 5.74) is 0.748. The van der Waals surface area contributed by atoms with Crippen molar-refractivity contribution < 1.29 is 18.6 Å². The van der Waals surface area contributed by atoms with Gasteiger partial charge in [0.2, 0.25) is 12.4 Å². The highest BCUT2D eigenvalue weighted by Crippen LogP contribution is 2.30. The van der Waals surface area contributed by atoms with Gasteiger partial charge in [0.15, 0.2) is 17.3 Å². The Hall–Kier alpha value is -4.11. The predicted octanol–water partition coefficient (Wildman–Crippen LogP) is 3.32. The minimum absolute atomic E-state index is 0.0340. The van der Waals surface area contributed by atoms with Gasteiger partial charge in [-0.25, -0.2) is 14.9 Å². The molecular weight excluding hydrogens is 449 g/mol. The number of nitrogens with one attached hydrogen (secondary N) is 1. The van der Waals surface area contributed by atoms with Crippen LogP contribution in [0, 0.1) is 12.7 Å². The maximum absolute atomic E-state index is 14.6. The first-order valence-corrected chi connectivity index (χ1v) is 10.2. The number of para-hydroxylation sites is 1. The number of pyridine rings is 1. The van der Waals surface area contributed by atoms with Gasteiger partial charge in [0.25, 0.3) is 11.5 Å². The molecule has 0 unspecified atom stereocenters. The number of carbonyl (C=O) groups excluding carboxylic acids is 1. The Bertz CT molecular complexity index is 1420. The summed E-state index contributed by atoms with van der Waals surface area (Å²) in [6, 6.07) is 14.4. The van der Waals surface area contributed by atoms with E-state index in [2.05, 4.69) is 5.32 Å². The lowest BCUT2D eigenvalue weighted by Crippen LogP contribution is -2.43. The van der Waals surface area contributed by atoms with Gasteiger partial charge in [0.1, 0.15) is 10.6 Å². The van der Waals surface area contributed by atoms with E-state index in [-0.39, 0.29) is 27.8 Å². The van der Waals surface area contributed by atoms with E-state index in [0.29, 0.717) is 11.4 Å². The Morgan fingerprint density at radius 3 is 2.55 bits per heavy atom. The van der Waals surface area contributed by atoms with E-state index >= 15 is 0 Å². The Kier molecular flexibility index (Phi) is 5.89. The van der Waals surface area contributed by atoms with E-state index in [9.17, 15) is 14.0 Å². The fraction of sp³-hybridized carbons (Fsp3) is 0.0870. The summed E-state index contributed by atoms with van der Waals surface area (Å²) < 4.78 is 24.4. The zero-order valence-corrected chi connectivity index (χ0v) is 18.5. The van der Waals surface area contributed by atoms with E-state index in [4.69, 9.17) is 22.2 Å². The van der Waals surface area contributed by atoms with Crippen molar-refractivity contribution in [2.24, 2.45) is 7.05 Å². The van der Waals surface area contributed by atoms with Gasteiger partial charge in [-0.2, -0.15) is 0 Å². The monoisotopic (exact) mass is 468 g/mol. The fourth-order valence-electron chi connectivity index (χ4n) is 3.36. The van der Waals surface area contributed by atoms with Crippen molar-refractivity contribution in [3.8, 4) is 17.2 Å². The summed E-state index contributed by atoms with van der Waals surface area (Å²) >= 11 is 6.05. The quantitative estimate of drug-likeness (QED) is 0.347. The zero-order valence-electron chi connectivity index (χ0n) is 17.8. The molecular formula is C23H20ClFN5O3+. The van der Waals surface area contributed by atoms with Gasteiger partial charge in [-0.15, -0.1) is 0 Å². The average Bonchev–Trinajstić information content (AvgIpc) is 3.00. The number of nitrogens with zero attached hydrogens (tertiary/aromatic N) is 3. The number of halogens is 2. The van der Waals surface area contributed by atoms with E-state index in [1.54, 1.807) is 42.9 Å². The van der Waals surface area contributed by atoms with E-state index in [1.165, 1.54) is 40.0 Å². The summed E-state index contributed by atoms with van der Waals surface area (Å²) in [6.07, 6.45) is 2.91. The average molecular weight is 469 g/mol. The molecule has 2 aromatic heterocycles. The van der Waals surface area contributed by atoms with Crippen molar-refractivity contribution >= 4 is 23.2 Å². The first-order valence-electron chi connectivity index (χ1n) is 9.85. The van der Waals surface area contributed by atoms with Crippen molar-refractivity contribution in [1.29, 1.82) is 0 Å². The number of benzene rings is 2. The summed E-state index contributed by atoms with van der Waals surface area (Å²) in [5.74, 6) is 4.33. The third kappa shape index (κ3) is 4.31. The molecule has 3 N–H and O–H groups in total. The predicted molar refractivity (Wildman–Crippen MR) is 122 cm³/mol. The molecule has 10 heteroatoms. The Morgan fingerprint density at radius 2 is 1.88 bits per heavy atom. The minimum atomic E-state index is -0.722. The van der Waals surface area contributed by atoms with Crippen LogP contribution in [0.5, 0.6) is 11.5 Å². The molecule has 4 rings (SSSR count). The van der Waals surface area contributed by atoms with Crippen molar-refractivity contribution in [2.45, 2.75) is 6.92 Å². The van der Waals surface area contributed by atoms with Gasteiger partial charge in [0, 0.05) is 24.9 Å². The molecule has 0 aliphatic rings. The molecule has 0 fully saturated rings. The molecule has 2 heterocycles. The molecule has 0 radical (unpaired) electrons. The van der Waals surface area contributed by atoms with Gasteiger partial charge in [-0.05, 0) is 31.2 Å². The number of hydrogen-bond acceptors (Lipinski definition) is 4. The third-order valence-electron chi connectivity index (χ3n) is 5.09. The van der Waals surface area contributed by atoms with Gasteiger partial charge in [-0.3, -0.25) is 14.3 Å². The van der Waals surface area contributed by atoms with Crippen molar-refractivity contribution in [3.63, 3.8) is 0 Å². The van der Waals surface area contributed by atoms with Gasteiger partial charge < -0.3 is 10.1 Å². The number of aromatic nitrogens is 3. The van der Waals surface area contributed by atoms with Crippen LogP contribution in [0.4, 0.5) is 10.1 Å². The lowest BCUT2D eigenvalue weighted by Gasteiger charge is -2.09. The molecule has 8 nitrogen and oxygen atoms in total. The Morgan fingerprint density at radius 1 is 1.15 bits per heavy atom. The van der Waals surface area contributed by atoms with E-state index in [1.807, 2.05) is 6.07 Å². The number of amides is 1. The summed E-state index contributed by atoms with van der Waals surface area (Å²) in [6.45, 7) is 1.67. The maximum atomic E-state index is 14.6. The number of nitrogens with two attached hydrogens (primary N) is 1. The van der Waals surface area contributed by atoms with Crippen LogP contribution in [0.2, 0.25) is 5.02 Å². The molecule has 0 saturated carbocycles. The number of nitrogen functional groups attached to an aromatic ring is 1. The van der Waals surface area contributed by atoms with Crippen LogP contribution in [0.15, 0.2) is 71.8 Å². The fourth-order valence-corrected chi connectivity index (χ4v) is 3.57. The zero-order chi connectivity index (χ0) is 23.7. The van der Waals surface area contributed by atoms with Crippen LogP contribution >= 0.6 is 11.6 Å². The highest BCUT2D eigenvalue weighted by Gasteiger charge is 2.22. The first-order chi connectivity index (χ1) is 15.8. The minimum Gasteiger partial charge on any atom is -0.452 e. The van der Waals surface area contributed by atoms with Gasteiger partial charge in [0.05, 0.1) is 11.4 Å². The summed E-state index contributed by atoms with van der Waals surface area (Å²) in [5, 5.41) is 2.78. The van der Waals surface area contributed by atoms with Crippen LogP contribution in [-0.2, 0) is 7.05 Å². The molecule has 1 amide bonds. The van der Waals surface area contributed by atoms with E-state index < -0.39 is 17.3 Å². The molecule has 0 bridgehead atoms. The second-order valence-electron chi connectivity index (χ2n) is 7.24. The molecule has 0 spiro atoms. The number of rotatable bonds is 5. The Balaban J connectivity index is 1.58. The van der Waals surface area contributed by atoms with Crippen molar-refractivity contribution in [1.82, 2.24) is 9.36 Å². The molecule has 0 aliphatic heterocycles. The van der Waals surface area contributed by atoms with Crippen LogP contribution in [0.3, 0.4) is 0 Å². The van der Waals surface area contributed by atoms with Crippen LogP contribution in [0.1, 0.15) is 16.1 Å². The molecule has 0 aliphatic carbocycles. The molecule has 33 heavy (non-hydrogen) atoms. The van der Waals surface area contributed by atoms with Gasteiger partial charge in [-0.1, -0.05) is 34.5 Å². The topological polar surface area (TPSA) is 95.2 Å². The second kappa shape index (κ2) is 8.79. The highest BCUT2D eigenvalue weighted by molar-refractivity contribution is 6.31. The molecule has 4 aromatic rings. The SMILES string of the molecule is Cc1c(C(=O)Nc2ccc(Oc3cc[n+](N)cc3Cl)c(F)c2)c(=O)n(-c2ccccc2)n1C. The number of anilines is 1. The van der Waals surface area contributed by atoms with E-state index in [0.717, 1.165) is 6.07 Å². The number of ether oxygens (including phenoxy) is 1. The van der Waals surface area contributed by atoms with Crippen LogP contribution in [0.25, 0.3) is 5.69 Å². The first kappa shape index (κ1) is 22.1. The van der Waals surface area contributed by atoms with Crippen molar-refractivity contribution in [2.75, 3.05) is 11.2 Å². The standard InChI is InChI=1S/C23H19ClFN5O3/c1-14-21(23(32)30(28(14)2)16-6-4-3-5-7-16)22(31)27-15-8-9-20(18(25)12-15)33-19-10-11-29(26)13-17(19)24/h3-13H,26H2,1-2H3/p+1. The molecule has 0 atom stereocenters. The maximum Gasteiger partial charge on any atom is 0.284 e. The lowest BCUT2D eigenvalue weighted by atomic mass is 10.2. The summed E-state index contributed by atoms with van der Waals surface area (Å²) in [4.78, 5) is 25.9. The van der Waals surface area contributed by atoms with Crippen molar-refractivity contribution in [3.05, 3.63) is 99.4 Å². The molecule has 0 saturated heterocycles.